The molecule has 0 saturated carbocycles. The lowest BCUT2D eigenvalue weighted by Crippen LogP contribution is -2.30. The smallest absolute Gasteiger partial charge is 0.417 e. The van der Waals surface area contributed by atoms with E-state index < -0.39 is 34.7 Å². The Balaban J connectivity index is 0.000000562. The highest BCUT2D eigenvalue weighted by Crippen LogP contribution is 2.35. The molecule has 6 N–H and O–H groups in total. The molecule has 1 aliphatic heterocycles. The second-order valence-electron chi connectivity index (χ2n) is 12.4. The van der Waals surface area contributed by atoms with Crippen LogP contribution in [0.1, 0.15) is 89.3 Å². The van der Waals surface area contributed by atoms with Crippen molar-refractivity contribution in [2.24, 2.45) is 10.8 Å². The summed E-state index contributed by atoms with van der Waals surface area (Å²) in [5.74, 6) is -0.124. The minimum absolute atomic E-state index is 0.111. The monoisotopic (exact) mass is 790 g/mol. The largest absolute Gasteiger partial charge is 0.480 e. The van der Waals surface area contributed by atoms with Gasteiger partial charge in [0.15, 0.2) is 0 Å². The fourth-order valence-electron chi connectivity index (χ4n) is 5.35. The maximum absolute atomic E-state index is 13.3. The van der Waals surface area contributed by atoms with Crippen LogP contribution in [-0.4, -0.2) is 66.9 Å². The quantitative estimate of drug-likeness (QED) is 0.0411. The van der Waals surface area contributed by atoms with Crippen LogP contribution in [0, 0.1) is 0 Å². The molecule has 1 heterocycles. The highest BCUT2D eigenvalue weighted by atomic mass is 35.5. The van der Waals surface area contributed by atoms with Gasteiger partial charge in [-0.2, -0.15) is 30.0 Å². The minimum atomic E-state index is -4.62. The molecule has 1 saturated heterocycles. The van der Waals surface area contributed by atoms with Gasteiger partial charge in [-0.25, -0.2) is 5.43 Å². The Bertz CT molecular complexity index is 1740. The van der Waals surface area contributed by atoms with E-state index in [1.54, 1.807) is 30.0 Å². The summed E-state index contributed by atoms with van der Waals surface area (Å²) in [6, 6.07) is 15.2. The van der Waals surface area contributed by atoms with Gasteiger partial charge in [-0.3, -0.25) is 19.2 Å². The Morgan fingerprint density at radius 2 is 1.80 bits per heavy atom. The van der Waals surface area contributed by atoms with Crippen LogP contribution in [0.3, 0.4) is 0 Å². The fourth-order valence-corrected chi connectivity index (χ4v) is 6.42. The van der Waals surface area contributed by atoms with Crippen molar-refractivity contribution in [1.29, 1.82) is 0 Å². The Kier molecular flexibility index (Phi) is 18.3. The second-order valence-corrected chi connectivity index (χ2v) is 13.9. The van der Waals surface area contributed by atoms with E-state index in [4.69, 9.17) is 22.4 Å². The van der Waals surface area contributed by atoms with E-state index in [9.17, 15) is 32.3 Å². The molecule has 0 aromatic heterocycles. The van der Waals surface area contributed by atoms with Crippen LogP contribution >= 0.6 is 23.4 Å². The Morgan fingerprint density at radius 1 is 1.04 bits per heavy atom. The van der Waals surface area contributed by atoms with Crippen LogP contribution in [0.5, 0.6) is 0 Å². The first kappa shape index (κ1) is 43.8. The molecule has 54 heavy (non-hydrogen) atoms. The zero-order chi connectivity index (χ0) is 39.5. The molecule has 1 fully saturated rings. The average molecular weight is 791 g/mol. The van der Waals surface area contributed by atoms with Crippen molar-refractivity contribution in [3.8, 4) is 0 Å². The van der Waals surface area contributed by atoms with Gasteiger partial charge >= 0.3 is 12.1 Å². The van der Waals surface area contributed by atoms with Gasteiger partial charge in [0.05, 0.1) is 28.1 Å². The summed E-state index contributed by atoms with van der Waals surface area (Å²) in [4.78, 5) is 48.7. The number of hydrogen-bond donors (Lipinski definition) is 5. The molecule has 1 unspecified atom stereocenters. The lowest BCUT2D eigenvalue weighted by Gasteiger charge is -2.29. The number of benzene rings is 3. The van der Waals surface area contributed by atoms with Crippen molar-refractivity contribution >= 4 is 65.1 Å². The third-order valence-electron chi connectivity index (χ3n) is 8.19. The van der Waals surface area contributed by atoms with Crippen molar-refractivity contribution in [3.05, 3.63) is 93.5 Å². The Morgan fingerprint density at radius 3 is 2.48 bits per heavy atom. The summed E-state index contributed by atoms with van der Waals surface area (Å²) >= 11 is 7.49. The van der Waals surface area contributed by atoms with E-state index in [2.05, 4.69) is 33.0 Å². The molecule has 1 atom stereocenters. The van der Waals surface area contributed by atoms with Gasteiger partial charge in [-0.1, -0.05) is 36.7 Å². The number of hydrazone groups is 1. The number of alkyl halides is 3. The van der Waals surface area contributed by atoms with Gasteiger partial charge in [0.25, 0.3) is 11.8 Å². The van der Waals surface area contributed by atoms with Crippen molar-refractivity contribution < 1.29 is 37.5 Å². The number of hydrogen-bond acceptors (Lipinski definition) is 8. The summed E-state index contributed by atoms with van der Waals surface area (Å²) in [5.41, 5.74) is 9.57. The normalized spacial score (nSPS) is 13.4. The molecule has 0 radical (unpaired) electrons. The average Bonchev–Trinajstić information content (AvgIpc) is 3.15. The summed E-state index contributed by atoms with van der Waals surface area (Å²) in [7, 11) is 0. The maximum Gasteiger partial charge on any atom is 0.417 e. The number of carbonyl (C=O) groups is 4. The number of aliphatic carboxylic acids is 1. The van der Waals surface area contributed by atoms with E-state index >= 15 is 0 Å². The van der Waals surface area contributed by atoms with Crippen LogP contribution < -0.4 is 26.7 Å². The Hall–Kier alpha value is -4.60. The zero-order valence-electron chi connectivity index (χ0n) is 30.0. The highest BCUT2D eigenvalue weighted by Gasteiger charge is 2.33. The second kappa shape index (κ2) is 22.6. The van der Waals surface area contributed by atoms with E-state index in [1.165, 1.54) is 6.07 Å². The number of nitrogens with one attached hydrogen (secondary N) is 3. The van der Waals surface area contributed by atoms with E-state index in [-0.39, 0.29) is 17.0 Å². The van der Waals surface area contributed by atoms with Gasteiger partial charge in [-0.15, -0.1) is 0 Å². The molecule has 0 bridgehead atoms. The van der Waals surface area contributed by atoms with Crippen LogP contribution in [0.4, 0.5) is 24.5 Å². The third-order valence-corrected chi connectivity index (χ3v) is 9.75. The standard InChI is InChI=1S/C31H32ClF3N4O2S.C7H14N2O3/c1-2-15-42-20-22-7-6-8-23(16-22)29(40)37-28-12-10-24(39-13-4-3-5-14-39)18-25(28)30(41)38-36-19-21-9-11-27(32)26(17-21)31(33,34)35;8-6(7(11)12)3-1-2-4-9-5-10/h6-12,16-19H,2-5,13-15,20H2,1H3,(H,37,40)(H,38,41);5-6H,1-4,8H2,(H,9,10)(H,11,12)/b36-19+;. The summed E-state index contributed by atoms with van der Waals surface area (Å²) in [6.45, 7) is 4.40. The van der Waals surface area contributed by atoms with Gasteiger partial charge in [0.1, 0.15) is 6.04 Å². The molecule has 0 spiro atoms. The topological polar surface area (TPSA) is 166 Å². The van der Waals surface area contributed by atoms with Gasteiger partial charge in [-0.05, 0) is 104 Å². The number of carboxylic acids is 1. The van der Waals surface area contributed by atoms with Crippen LogP contribution in [0.2, 0.25) is 5.02 Å². The number of piperidine rings is 1. The van der Waals surface area contributed by atoms with Crippen LogP contribution in [-0.2, 0) is 21.5 Å². The first-order valence-electron chi connectivity index (χ1n) is 17.6. The van der Waals surface area contributed by atoms with Crippen molar-refractivity contribution in [2.45, 2.75) is 69.8 Å². The number of thioether (sulfide) groups is 1. The summed E-state index contributed by atoms with van der Waals surface area (Å²) < 4.78 is 39.6. The van der Waals surface area contributed by atoms with E-state index in [0.717, 1.165) is 86.3 Å². The van der Waals surface area contributed by atoms with Gasteiger partial charge in [0, 0.05) is 36.6 Å². The molecular weight excluding hydrogens is 745 g/mol. The lowest BCUT2D eigenvalue weighted by atomic mass is 10.1. The molecule has 4 rings (SSSR count). The van der Waals surface area contributed by atoms with Crippen LogP contribution in [0.15, 0.2) is 65.8 Å². The van der Waals surface area contributed by atoms with Gasteiger partial charge in [0.2, 0.25) is 6.41 Å². The fraction of sp³-hybridized carbons (Fsp3) is 0.395. The minimum Gasteiger partial charge on any atom is -0.480 e. The molecule has 3 aromatic rings. The molecule has 3 amide bonds. The number of carboxylic acid groups (broad SMARTS) is 1. The van der Waals surface area contributed by atoms with Crippen molar-refractivity contribution in [3.63, 3.8) is 0 Å². The Labute approximate surface area is 322 Å². The number of anilines is 2. The molecule has 1 aliphatic rings. The van der Waals surface area contributed by atoms with Crippen LogP contribution in [0.25, 0.3) is 0 Å². The van der Waals surface area contributed by atoms with Gasteiger partial charge < -0.3 is 26.4 Å². The molecule has 11 nitrogen and oxygen atoms in total. The number of unbranched alkanes of at least 4 members (excludes halogenated alkanes) is 1. The van der Waals surface area contributed by atoms with E-state index in [1.807, 2.05) is 24.3 Å². The SMILES string of the molecule is CCCSCc1cccc(C(=O)Nc2ccc(N3CCCCC3)cc2C(=O)N/N=C/c2ccc(Cl)c(C(F)(F)F)c2)c1.NC(CCCCNC=O)C(=O)O. The number of amides is 3. The van der Waals surface area contributed by atoms with Crippen molar-refractivity contribution in [1.82, 2.24) is 10.7 Å². The summed E-state index contributed by atoms with van der Waals surface area (Å²) in [6.07, 6.45) is 3.33. The first-order chi connectivity index (χ1) is 25.8. The molecular formula is C38H46ClF3N6O5S. The lowest BCUT2D eigenvalue weighted by molar-refractivity contribution is -0.139. The summed E-state index contributed by atoms with van der Waals surface area (Å²) in [5, 5.41) is 17.2. The first-order valence-corrected chi connectivity index (χ1v) is 19.1. The highest BCUT2D eigenvalue weighted by molar-refractivity contribution is 7.98. The maximum atomic E-state index is 13.3. The number of nitrogens with zero attached hydrogens (tertiary/aromatic N) is 2. The van der Waals surface area contributed by atoms with Crippen molar-refractivity contribution in [2.75, 3.05) is 35.6 Å². The molecule has 292 valence electrons. The predicted octanol–water partition coefficient (Wildman–Crippen LogP) is 7.32. The zero-order valence-corrected chi connectivity index (χ0v) is 31.5. The molecule has 3 aromatic carbocycles. The number of halogens is 4. The molecule has 0 aliphatic carbocycles. The number of carbonyl (C=O) groups excluding carboxylic acids is 3. The predicted molar refractivity (Wildman–Crippen MR) is 208 cm³/mol. The number of nitrogens with two attached hydrogens (primary N) is 1. The third kappa shape index (κ3) is 14.7. The molecule has 16 heteroatoms. The number of rotatable bonds is 17. The van der Waals surface area contributed by atoms with E-state index in [0.29, 0.717) is 37.0 Å².